The van der Waals surface area contributed by atoms with Gasteiger partial charge in [0.05, 0.1) is 16.8 Å². The molecule has 2 aromatic heterocycles. The zero-order valence-corrected chi connectivity index (χ0v) is 17.0. The quantitative estimate of drug-likeness (QED) is 0.388. The molecule has 7 nitrogen and oxygen atoms in total. The van der Waals surface area contributed by atoms with Crippen LogP contribution in [0.2, 0.25) is 5.02 Å². The van der Waals surface area contributed by atoms with Crippen molar-refractivity contribution in [3.05, 3.63) is 89.3 Å². The normalized spacial score (nSPS) is 11.8. The number of pyridine rings is 2. The number of nitrogens with one attached hydrogen (secondary N) is 1. The van der Waals surface area contributed by atoms with Gasteiger partial charge in [0, 0.05) is 35.1 Å². The number of hydrogen-bond donors (Lipinski definition) is 3. The summed E-state index contributed by atoms with van der Waals surface area (Å²) in [6, 6.07) is 15.2. The van der Waals surface area contributed by atoms with Crippen LogP contribution in [0, 0.1) is 0 Å². The summed E-state index contributed by atoms with van der Waals surface area (Å²) in [4.78, 5) is 19.5. The lowest BCUT2D eigenvalue weighted by Gasteiger charge is -2.24. The minimum absolute atomic E-state index is 0.0329. The predicted molar refractivity (Wildman–Crippen MR) is 118 cm³/mol. The van der Waals surface area contributed by atoms with Crippen LogP contribution in [-0.4, -0.2) is 32.8 Å². The molecule has 0 aliphatic heterocycles. The number of aliphatic carboxylic acids is 1. The van der Waals surface area contributed by atoms with Crippen LogP contribution in [-0.2, 0) is 4.79 Å². The number of hydrogen-bond acceptors (Lipinski definition) is 6. The van der Waals surface area contributed by atoms with Crippen molar-refractivity contribution in [3.63, 3.8) is 0 Å². The average Bonchev–Trinajstić information content (AvgIpc) is 2.80. The molecule has 31 heavy (non-hydrogen) atoms. The number of aromatic hydroxyl groups is 1. The maximum absolute atomic E-state index is 11.1. The Morgan fingerprint density at radius 3 is 2.68 bits per heavy atom. The fraction of sp³-hybridized carbons (Fsp3) is 0.0870. The van der Waals surface area contributed by atoms with Gasteiger partial charge in [0.1, 0.15) is 17.0 Å². The minimum Gasteiger partial charge on any atom is -0.505 e. The van der Waals surface area contributed by atoms with Crippen LogP contribution in [0.5, 0.6) is 11.5 Å². The van der Waals surface area contributed by atoms with Gasteiger partial charge in [-0.05, 0) is 36.4 Å². The highest BCUT2D eigenvalue weighted by atomic mass is 35.5. The van der Waals surface area contributed by atoms with Crippen molar-refractivity contribution in [2.75, 3.05) is 11.9 Å². The second-order valence-corrected chi connectivity index (χ2v) is 7.14. The van der Waals surface area contributed by atoms with Crippen molar-refractivity contribution in [2.45, 2.75) is 6.04 Å². The van der Waals surface area contributed by atoms with Crippen LogP contribution in [0.25, 0.3) is 10.9 Å². The molecule has 156 valence electrons. The fourth-order valence-electron chi connectivity index (χ4n) is 3.35. The lowest BCUT2D eigenvalue weighted by atomic mass is 9.95. The van der Waals surface area contributed by atoms with E-state index in [1.807, 2.05) is 6.07 Å². The van der Waals surface area contributed by atoms with Gasteiger partial charge in [-0.15, -0.1) is 0 Å². The van der Waals surface area contributed by atoms with Crippen LogP contribution < -0.4 is 10.1 Å². The molecule has 0 aliphatic rings. The number of rotatable bonds is 7. The number of aromatic nitrogens is 2. The summed E-state index contributed by atoms with van der Waals surface area (Å²) < 4.78 is 5.51. The van der Waals surface area contributed by atoms with E-state index in [-0.39, 0.29) is 5.75 Å². The maximum Gasteiger partial charge on any atom is 0.341 e. The Hall–Kier alpha value is -3.84. The first kappa shape index (κ1) is 20.4. The molecule has 4 rings (SSSR count). The van der Waals surface area contributed by atoms with E-state index >= 15 is 0 Å². The third-order valence-electron chi connectivity index (χ3n) is 4.71. The van der Waals surface area contributed by atoms with Crippen LogP contribution >= 0.6 is 11.6 Å². The van der Waals surface area contributed by atoms with Gasteiger partial charge >= 0.3 is 5.97 Å². The lowest BCUT2D eigenvalue weighted by Crippen LogP contribution is -2.16. The summed E-state index contributed by atoms with van der Waals surface area (Å²) in [5.41, 5.74) is 2.14. The van der Waals surface area contributed by atoms with Crippen molar-refractivity contribution in [2.24, 2.45) is 0 Å². The SMILES string of the molecule is O=C(O)COc1ccccc1[C@@H](Nc1cccnc1)c1cc(Cl)c2cccnc2c1O. The molecular formula is C23H18ClN3O4. The van der Waals surface area contributed by atoms with Gasteiger partial charge in [-0.1, -0.05) is 29.8 Å². The Labute approximate surface area is 182 Å². The molecule has 0 saturated carbocycles. The van der Waals surface area contributed by atoms with E-state index in [1.165, 1.54) is 0 Å². The Kier molecular flexibility index (Phi) is 5.86. The summed E-state index contributed by atoms with van der Waals surface area (Å²) in [6.07, 6.45) is 4.87. The van der Waals surface area contributed by atoms with E-state index in [9.17, 15) is 9.90 Å². The maximum atomic E-state index is 11.1. The van der Waals surface area contributed by atoms with Crippen molar-refractivity contribution < 1.29 is 19.7 Å². The van der Waals surface area contributed by atoms with E-state index in [4.69, 9.17) is 21.4 Å². The zero-order valence-electron chi connectivity index (χ0n) is 16.2. The highest BCUT2D eigenvalue weighted by Crippen LogP contribution is 2.41. The highest BCUT2D eigenvalue weighted by molar-refractivity contribution is 6.35. The molecule has 1 atom stereocenters. The van der Waals surface area contributed by atoms with E-state index in [2.05, 4.69) is 15.3 Å². The number of phenols is 1. The Bertz CT molecular complexity index is 1230. The molecule has 2 aromatic carbocycles. The second kappa shape index (κ2) is 8.89. The number of carboxylic acid groups (broad SMARTS) is 1. The summed E-state index contributed by atoms with van der Waals surface area (Å²) in [7, 11) is 0. The Morgan fingerprint density at radius 1 is 1.10 bits per heavy atom. The zero-order chi connectivity index (χ0) is 21.8. The molecule has 0 spiro atoms. The van der Waals surface area contributed by atoms with Crippen LogP contribution in [0.4, 0.5) is 5.69 Å². The number of carbonyl (C=O) groups is 1. The first-order chi connectivity index (χ1) is 15.0. The molecule has 2 heterocycles. The van der Waals surface area contributed by atoms with Gasteiger partial charge in [-0.3, -0.25) is 9.97 Å². The molecule has 0 radical (unpaired) electrons. The number of carboxylic acids is 1. The Balaban J connectivity index is 1.88. The highest BCUT2D eigenvalue weighted by Gasteiger charge is 2.24. The first-order valence-electron chi connectivity index (χ1n) is 9.40. The predicted octanol–water partition coefficient (Wildman–Crippen LogP) is 4.65. The van der Waals surface area contributed by atoms with Gasteiger partial charge < -0.3 is 20.3 Å². The van der Waals surface area contributed by atoms with Gasteiger partial charge in [0.2, 0.25) is 0 Å². The van der Waals surface area contributed by atoms with Gasteiger partial charge in [-0.25, -0.2) is 4.79 Å². The molecule has 8 heteroatoms. The Morgan fingerprint density at radius 2 is 1.90 bits per heavy atom. The number of ether oxygens (including phenoxy) is 1. The van der Waals surface area contributed by atoms with E-state index in [0.717, 1.165) is 0 Å². The largest absolute Gasteiger partial charge is 0.505 e. The first-order valence-corrected chi connectivity index (χ1v) is 9.78. The van der Waals surface area contributed by atoms with Crippen LogP contribution in [0.1, 0.15) is 17.2 Å². The fourth-order valence-corrected chi connectivity index (χ4v) is 3.62. The number of anilines is 1. The third-order valence-corrected chi connectivity index (χ3v) is 5.02. The summed E-state index contributed by atoms with van der Waals surface area (Å²) in [5, 5.41) is 24.5. The standard InChI is InChI=1S/C23H18ClN3O4/c24-18-11-17(23(30)22-15(18)7-4-10-26-22)21(27-14-5-3-9-25-12-14)16-6-1-2-8-19(16)31-13-20(28)29/h1-12,21,27,30H,13H2,(H,28,29)/t21-/m1/s1. The summed E-state index contributed by atoms with van der Waals surface area (Å²) >= 11 is 6.51. The van der Waals surface area contributed by atoms with Crippen LogP contribution in [0.3, 0.4) is 0 Å². The van der Waals surface area contributed by atoms with Gasteiger partial charge in [0.25, 0.3) is 0 Å². The third kappa shape index (κ3) is 4.36. The van der Waals surface area contributed by atoms with Gasteiger partial charge in [-0.2, -0.15) is 0 Å². The molecule has 0 fully saturated rings. The molecule has 0 aliphatic carbocycles. The lowest BCUT2D eigenvalue weighted by molar-refractivity contribution is -0.139. The molecule has 0 saturated heterocycles. The van der Waals surface area contributed by atoms with Crippen molar-refractivity contribution in [1.82, 2.24) is 9.97 Å². The monoisotopic (exact) mass is 435 g/mol. The molecule has 4 aromatic rings. The van der Waals surface area contributed by atoms with Gasteiger partial charge in [0.15, 0.2) is 6.61 Å². The number of fused-ring (bicyclic) bond motifs is 1. The van der Waals surface area contributed by atoms with E-state index < -0.39 is 18.6 Å². The smallest absolute Gasteiger partial charge is 0.341 e. The van der Waals surface area contributed by atoms with E-state index in [0.29, 0.717) is 38.5 Å². The number of benzene rings is 2. The molecule has 3 N–H and O–H groups in total. The van der Waals surface area contributed by atoms with E-state index in [1.54, 1.807) is 67.1 Å². The number of halogens is 1. The van der Waals surface area contributed by atoms with Crippen molar-refractivity contribution >= 4 is 34.2 Å². The number of phenolic OH excluding ortho intramolecular Hbond substituents is 1. The molecule has 0 bridgehead atoms. The molecule has 0 unspecified atom stereocenters. The number of nitrogens with zero attached hydrogens (tertiary/aromatic N) is 2. The average molecular weight is 436 g/mol. The topological polar surface area (TPSA) is 105 Å². The minimum atomic E-state index is -1.09. The number of para-hydroxylation sites is 1. The van der Waals surface area contributed by atoms with Crippen LogP contribution in [0.15, 0.2) is 73.2 Å². The molecular weight excluding hydrogens is 418 g/mol. The molecule has 0 amide bonds. The van der Waals surface area contributed by atoms with Crippen molar-refractivity contribution in [1.29, 1.82) is 0 Å². The summed E-state index contributed by atoms with van der Waals surface area (Å²) in [6.45, 7) is -0.497. The summed E-state index contributed by atoms with van der Waals surface area (Å²) in [5.74, 6) is -0.760. The van der Waals surface area contributed by atoms with Crippen molar-refractivity contribution in [3.8, 4) is 11.5 Å². The second-order valence-electron chi connectivity index (χ2n) is 6.74.